The quantitative estimate of drug-likeness (QED) is 0.838. The second-order valence-electron chi connectivity index (χ2n) is 7.68. The number of benzene rings is 2. The first-order chi connectivity index (χ1) is 11.7. The van der Waals surface area contributed by atoms with Gasteiger partial charge in [-0.05, 0) is 55.0 Å². The maximum absolute atomic E-state index is 12.4. The van der Waals surface area contributed by atoms with Gasteiger partial charge in [-0.3, -0.25) is 4.79 Å². The minimum atomic E-state index is -0.543. The molecule has 0 aliphatic carbocycles. The summed E-state index contributed by atoms with van der Waals surface area (Å²) in [5.74, 6) is 0.596. The maximum Gasteiger partial charge on any atom is 0.261 e. The standard InChI is InChI=1S/C22H29NO2/c1-15-8-7-9-20(14-15)25-17(3)21(24)23-16(2)18-10-12-19(13-11-18)22(4,5)6/h7-14,16-17H,1-6H3,(H,23,24)/t16-,17+/m0/s1. The molecule has 0 unspecified atom stereocenters. The molecule has 0 spiro atoms. The molecule has 0 saturated heterocycles. The summed E-state index contributed by atoms with van der Waals surface area (Å²) in [6.07, 6.45) is -0.543. The highest BCUT2D eigenvalue weighted by Gasteiger charge is 2.19. The Morgan fingerprint density at radius 1 is 1.04 bits per heavy atom. The Labute approximate surface area is 151 Å². The molecular formula is C22H29NO2. The lowest BCUT2D eigenvalue weighted by atomic mass is 9.86. The highest BCUT2D eigenvalue weighted by molar-refractivity contribution is 5.81. The molecule has 0 heterocycles. The average molecular weight is 339 g/mol. The number of amides is 1. The van der Waals surface area contributed by atoms with Crippen LogP contribution in [0.1, 0.15) is 57.4 Å². The lowest BCUT2D eigenvalue weighted by Gasteiger charge is -2.22. The van der Waals surface area contributed by atoms with E-state index in [1.807, 2.05) is 38.1 Å². The van der Waals surface area contributed by atoms with Crippen molar-refractivity contribution in [2.24, 2.45) is 0 Å². The molecule has 2 rings (SSSR count). The Kier molecular flexibility index (Phi) is 5.89. The van der Waals surface area contributed by atoms with Gasteiger partial charge in [-0.25, -0.2) is 0 Å². The van der Waals surface area contributed by atoms with Crippen LogP contribution in [0.4, 0.5) is 0 Å². The predicted molar refractivity (Wildman–Crippen MR) is 103 cm³/mol. The third-order valence-electron chi connectivity index (χ3n) is 4.31. The third-order valence-corrected chi connectivity index (χ3v) is 4.31. The molecule has 2 atom stereocenters. The number of rotatable bonds is 5. The fraction of sp³-hybridized carbons (Fsp3) is 0.409. The van der Waals surface area contributed by atoms with Crippen molar-refractivity contribution in [3.05, 3.63) is 65.2 Å². The van der Waals surface area contributed by atoms with Crippen molar-refractivity contribution < 1.29 is 9.53 Å². The summed E-state index contributed by atoms with van der Waals surface area (Å²) >= 11 is 0. The number of carbonyl (C=O) groups excluding carboxylic acids is 1. The van der Waals surface area contributed by atoms with Gasteiger partial charge in [0.15, 0.2) is 6.10 Å². The van der Waals surface area contributed by atoms with E-state index in [2.05, 4.69) is 50.4 Å². The van der Waals surface area contributed by atoms with E-state index >= 15 is 0 Å². The van der Waals surface area contributed by atoms with E-state index < -0.39 is 6.10 Å². The Balaban J connectivity index is 1.97. The molecule has 3 heteroatoms. The average Bonchev–Trinajstić information content (AvgIpc) is 2.54. The van der Waals surface area contributed by atoms with Gasteiger partial charge in [-0.1, -0.05) is 57.2 Å². The summed E-state index contributed by atoms with van der Waals surface area (Å²) < 4.78 is 5.75. The van der Waals surface area contributed by atoms with Crippen LogP contribution in [0, 0.1) is 6.92 Å². The SMILES string of the molecule is Cc1cccc(O[C@H](C)C(=O)N[C@@H](C)c2ccc(C(C)(C)C)cc2)c1. The monoisotopic (exact) mass is 339 g/mol. The zero-order chi connectivity index (χ0) is 18.6. The van der Waals surface area contributed by atoms with Gasteiger partial charge in [-0.15, -0.1) is 0 Å². The molecule has 1 amide bonds. The van der Waals surface area contributed by atoms with Crippen LogP contribution in [-0.4, -0.2) is 12.0 Å². The van der Waals surface area contributed by atoms with Crippen LogP contribution in [-0.2, 0) is 10.2 Å². The second kappa shape index (κ2) is 7.73. The van der Waals surface area contributed by atoms with Gasteiger partial charge in [0.2, 0.25) is 0 Å². The summed E-state index contributed by atoms with van der Waals surface area (Å²) in [7, 11) is 0. The summed E-state index contributed by atoms with van der Waals surface area (Å²) in [6, 6.07) is 16.1. The lowest BCUT2D eigenvalue weighted by Crippen LogP contribution is -2.37. The van der Waals surface area contributed by atoms with Gasteiger partial charge in [0, 0.05) is 0 Å². The topological polar surface area (TPSA) is 38.3 Å². The number of aryl methyl sites for hydroxylation is 1. The normalized spacial score (nSPS) is 13.8. The summed E-state index contributed by atoms with van der Waals surface area (Å²) in [6.45, 7) is 12.3. The highest BCUT2D eigenvalue weighted by atomic mass is 16.5. The molecule has 0 radical (unpaired) electrons. The first-order valence-corrected chi connectivity index (χ1v) is 8.81. The first kappa shape index (κ1) is 19.0. The number of ether oxygens (including phenoxy) is 1. The zero-order valence-electron chi connectivity index (χ0n) is 16.1. The van der Waals surface area contributed by atoms with Crippen LogP contribution >= 0.6 is 0 Å². The molecule has 134 valence electrons. The minimum Gasteiger partial charge on any atom is -0.481 e. The molecule has 0 aliphatic rings. The fourth-order valence-electron chi connectivity index (χ4n) is 2.63. The smallest absolute Gasteiger partial charge is 0.261 e. The Morgan fingerprint density at radius 3 is 2.24 bits per heavy atom. The fourth-order valence-corrected chi connectivity index (χ4v) is 2.63. The molecule has 2 aromatic rings. The largest absolute Gasteiger partial charge is 0.481 e. The lowest BCUT2D eigenvalue weighted by molar-refractivity contribution is -0.127. The maximum atomic E-state index is 12.4. The van der Waals surface area contributed by atoms with E-state index in [4.69, 9.17) is 4.74 Å². The molecular weight excluding hydrogens is 310 g/mol. The van der Waals surface area contributed by atoms with Gasteiger partial charge in [0.1, 0.15) is 5.75 Å². The van der Waals surface area contributed by atoms with Crippen LogP contribution in [0.2, 0.25) is 0 Å². The number of hydrogen-bond donors (Lipinski definition) is 1. The van der Waals surface area contributed by atoms with Gasteiger partial charge < -0.3 is 10.1 Å². The van der Waals surface area contributed by atoms with Crippen molar-refractivity contribution in [2.45, 2.75) is 59.1 Å². The van der Waals surface area contributed by atoms with Crippen molar-refractivity contribution in [1.29, 1.82) is 0 Å². The summed E-state index contributed by atoms with van der Waals surface area (Å²) in [5.41, 5.74) is 3.61. The van der Waals surface area contributed by atoms with Crippen LogP contribution in [0.25, 0.3) is 0 Å². The minimum absolute atomic E-state index is 0.0647. The second-order valence-corrected chi connectivity index (χ2v) is 7.68. The highest BCUT2D eigenvalue weighted by Crippen LogP contribution is 2.24. The van der Waals surface area contributed by atoms with Crippen LogP contribution < -0.4 is 10.1 Å². The van der Waals surface area contributed by atoms with Crippen LogP contribution in [0.5, 0.6) is 5.75 Å². The predicted octanol–water partition coefficient (Wildman–Crippen LogP) is 4.94. The van der Waals surface area contributed by atoms with Gasteiger partial charge in [0.25, 0.3) is 5.91 Å². The summed E-state index contributed by atoms with van der Waals surface area (Å²) in [4.78, 5) is 12.4. The molecule has 0 aliphatic heterocycles. The molecule has 3 nitrogen and oxygen atoms in total. The molecule has 1 N–H and O–H groups in total. The Morgan fingerprint density at radius 2 is 1.68 bits per heavy atom. The molecule has 2 aromatic carbocycles. The van der Waals surface area contributed by atoms with Gasteiger partial charge in [0.05, 0.1) is 6.04 Å². The van der Waals surface area contributed by atoms with Crippen molar-refractivity contribution in [2.75, 3.05) is 0 Å². The summed E-state index contributed by atoms with van der Waals surface area (Å²) in [5, 5.41) is 3.03. The molecule has 0 bridgehead atoms. The van der Waals surface area contributed by atoms with E-state index in [9.17, 15) is 4.79 Å². The number of nitrogens with one attached hydrogen (secondary N) is 1. The van der Waals surface area contributed by atoms with Crippen molar-refractivity contribution in [3.63, 3.8) is 0 Å². The molecule has 0 fully saturated rings. The van der Waals surface area contributed by atoms with Crippen molar-refractivity contribution in [3.8, 4) is 5.75 Å². The van der Waals surface area contributed by atoms with Crippen LogP contribution in [0.15, 0.2) is 48.5 Å². The van der Waals surface area contributed by atoms with E-state index in [1.54, 1.807) is 6.92 Å². The Hall–Kier alpha value is -2.29. The first-order valence-electron chi connectivity index (χ1n) is 8.81. The van der Waals surface area contributed by atoms with Crippen molar-refractivity contribution >= 4 is 5.91 Å². The van der Waals surface area contributed by atoms with Gasteiger partial charge in [-0.2, -0.15) is 0 Å². The molecule has 0 aromatic heterocycles. The van der Waals surface area contributed by atoms with E-state index in [-0.39, 0.29) is 17.4 Å². The number of hydrogen-bond acceptors (Lipinski definition) is 2. The van der Waals surface area contributed by atoms with E-state index in [0.717, 1.165) is 11.1 Å². The van der Waals surface area contributed by atoms with Crippen molar-refractivity contribution in [1.82, 2.24) is 5.32 Å². The number of carbonyl (C=O) groups is 1. The Bertz CT molecular complexity index is 714. The third kappa shape index (κ3) is 5.35. The molecule has 0 saturated carbocycles. The molecule has 25 heavy (non-hydrogen) atoms. The van der Waals surface area contributed by atoms with E-state index in [0.29, 0.717) is 5.75 Å². The zero-order valence-corrected chi connectivity index (χ0v) is 16.1. The van der Waals surface area contributed by atoms with Gasteiger partial charge >= 0.3 is 0 Å². The van der Waals surface area contributed by atoms with Crippen LogP contribution in [0.3, 0.4) is 0 Å². The van der Waals surface area contributed by atoms with E-state index in [1.165, 1.54) is 5.56 Å².